The van der Waals surface area contributed by atoms with Crippen molar-refractivity contribution in [2.45, 2.75) is 12.5 Å². The number of nitrogens with two attached hydrogens (primary N) is 1. The maximum Gasteiger partial charge on any atom is 0.253 e. The number of amides is 1. The number of hydrazine groups is 1. The number of carbonyl (C=O) groups is 1. The monoisotopic (exact) mass is 271 g/mol. The molecular formula is C11H14ClN3OS. The van der Waals surface area contributed by atoms with E-state index in [4.69, 9.17) is 17.4 Å². The van der Waals surface area contributed by atoms with Crippen molar-refractivity contribution in [3.63, 3.8) is 0 Å². The lowest BCUT2D eigenvalue weighted by Crippen LogP contribution is -2.35. The van der Waals surface area contributed by atoms with Gasteiger partial charge in [-0.25, -0.2) is 0 Å². The Balaban J connectivity index is 2.14. The average Bonchev–Trinajstić information content (AvgIpc) is 2.81. The lowest BCUT2D eigenvalue weighted by atomic mass is 10.1. The van der Waals surface area contributed by atoms with Gasteiger partial charge in [0.25, 0.3) is 5.91 Å². The van der Waals surface area contributed by atoms with Crippen LogP contribution in [0.4, 0.5) is 5.69 Å². The zero-order valence-electron chi connectivity index (χ0n) is 9.20. The topological polar surface area (TPSA) is 67.1 Å². The first-order valence-corrected chi connectivity index (χ1v) is 6.89. The molecular weight excluding hydrogens is 258 g/mol. The van der Waals surface area contributed by atoms with Crippen molar-refractivity contribution in [3.05, 3.63) is 28.8 Å². The average molecular weight is 272 g/mol. The van der Waals surface area contributed by atoms with E-state index in [1.165, 1.54) is 0 Å². The summed E-state index contributed by atoms with van der Waals surface area (Å²) in [6, 6.07) is 5.26. The molecule has 1 amide bonds. The molecule has 1 aliphatic heterocycles. The van der Waals surface area contributed by atoms with Gasteiger partial charge < -0.3 is 10.7 Å². The molecule has 1 aromatic carbocycles. The molecule has 1 aliphatic rings. The molecule has 4 N–H and O–H groups in total. The molecule has 1 unspecified atom stereocenters. The molecule has 0 aliphatic carbocycles. The summed E-state index contributed by atoms with van der Waals surface area (Å²) in [5, 5.41) is 3.51. The minimum Gasteiger partial charge on any atom is -0.348 e. The Morgan fingerprint density at radius 3 is 3.00 bits per heavy atom. The Kier molecular flexibility index (Phi) is 4.15. The molecule has 2 rings (SSSR count). The summed E-state index contributed by atoms with van der Waals surface area (Å²) in [5.74, 6) is 7.31. The molecule has 0 radical (unpaired) electrons. The number of nitrogen functional groups attached to an aromatic ring is 1. The molecule has 1 saturated heterocycles. The minimum absolute atomic E-state index is 0.132. The third-order valence-electron chi connectivity index (χ3n) is 2.65. The van der Waals surface area contributed by atoms with E-state index >= 15 is 0 Å². The predicted octanol–water partition coefficient (Wildman–Crippen LogP) is 1.86. The first kappa shape index (κ1) is 12.5. The maximum absolute atomic E-state index is 12.1. The Labute approximate surface area is 109 Å². The van der Waals surface area contributed by atoms with E-state index in [-0.39, 0.29) is 11.9 Å². The van der Waals surface area contributed by atoms with Gasteiger partial charge >= 0.3 is 0 Å². The lowest BCUT2D eigenvalue weighted by molar-refractivity contribution is 0.0942. The van der Waals surface area contributed by atoms with Crippen molar-refractivity contribution in [3.8, 4) is 0 Å². The van der Waals surface area contributed by atoms with Crippen LogP contribution in [-0.4, -0.2) is 23.5 Å². The van der Waals surface area contributed by atoms with Crippen molar-refractivity contribution in [2.75, 3.05) is 16.9 Å². The first-order chi connectivity index (χ1) is 8.20. The Morgan fingerprint density at radius 1 is 1.53 bits per heavy atom. The van der Waals surface area contributed by atoms with Gasteiger partial charge in [0.15, 0.2) is 0 Å². The summed E-state index contributed by atoms with van der Waals surface area (Å²) in [7, 11) is 0. The van der Waals surface area contributed by atoms with Gasteiger partial charge in [-0.2, -0.15) is 11.8 Å². The third kappa shape index (κ3) is 3.06. The van der Waals surface area contributed by atoms with Crippen LogP contribution in [0.5, 0.6) is 0 Å². The van der Waals surface area contributed by atoms with Crippen LogP contribution in [0.25, 0.3) is 0 Å². The first-order valence-electron chi connectivity index (χ1n) is 5.35. The number of rotatable bonds is 3. The van der Waals surface area contributed by atoms with E-state index < -0.39 is 0 Å². The van der Waals surface area contributed by atoms with E-state index in [2.05, 4.69) is 10.7 Å². The van der Waals surface area contributed by atoms with E-state index in [9.17, 15) is 4.79 Å². The molecule has 92 valence electrons. The van der Waals surface area contributed by atoms with Crippen molar-refractivity contribution < 1.29 is 4.79 Å². The molecule has 6 heteroatoms. The molecule has 1 heterocycles. The number of anilines is 1. The van der Waals surface area contributed by atoms with Crippen molar-refractivity contribution in [1.29, 1.82) is 0 Å². The number of halogens is 1. The van der Waals surface area contributed by atoms with Gasteiger partial charge in [-0.05, 0) is 30.4 Å². The second kappa shape index (κ2) is 5.62. The zero-order valence-corrected chi connectivity index (χ0v) is 10.8. The molecule has 1 fully saturated rings. The molecule has 0 bridgehead atoms. The van der Waals surface area contributed by atoms with Crippen LogP contribution in [0.1, 0.15) is 16.8 Å². The van der Waals surface area contributed by atoms with Gasteiger partial charge in [0.05, 0.1) is 11.3 Å². The quantitative estimate of drug-likeness (QED) is 0.580. The summed E-state index contributed by atoms with van der Waals surface area (Å²) in [5.41, 5.74) is 3.57. The zero-order chi connectivity index (χ0) is 12.3. The molecule has 0 spiro atoms. The van der Waals surface area contributed by atoms with E-state index in [0.29, 0.717) is 16.3 Å². The largest absolute Gasteiger partial charge is 0.348 e. The Hall–Kier alpha value is -0.910. The standard InChI is InChI=1S/C11H14ClN3OS/c12-7-1-2-10(15-13)9(5-7)11(16)14-8-3-4-17-6-8/h1-2,5,8,15H,3-4,6,13H2,(H,14,16). The summed E-state index contributed by atoms with van der Waals surface area (Å²) < 4.78 is 0. The van der Waals surface area contributed by atoms with Crippen molar-refractivity contribution >= 4 is 35.0 Å². The van der Waals surface area contributed by atoms with Crippen LogP contribution in [-0.2, 0) is 0 Å². The summed E-state index contributed by atoms with van der Waals surface area (Å²) in [6.45, 7) is 0. The minimum atomic E-state index is -0.132. The molecule has 0 aromatic heterocycles. The van der Waals surface area contributed by atoms with Gasteiger partial charge in [0.1, 0.15) is 0 Å². The summed E-state index contributed by atoms with van der Waals surface area (Å²) in [4.78, 5) is 12.1. The van der Waals surface area contributed by atoms with Crippen LogP contribution in [0.3, 0.4) is 0 Å². The summed E-state index contributed by atoms with van der Waals surface area (Å²) >= 11 is 7.73. The van der Waals surface area contributed by atoms with Crippen molar-refractivity contribution in [2.24, 2.45) is 5.84 Å². The van der Waals surface area contributed by atoms with Gasteiger partial charge in [-0.1, -0.05) is 11.6 Å². The predicted molar refractivity (Wildman–Crippen MR) is 72.5 cm³/mol. The fraction of sp³-hybridized carbons (Fsp3) is 0.364. The normalized spacial score (nSPS) is 19.1. The SMILES string of the molecule is NNc1ccc(Cl)cc1C(=O)NC1CCSC1. The fourth-order valence-electron chi connectivity index (χ4n) is 1.74. The van der Waals surface area contributed by atoms with E-state index in [0.717, 1.165) is 17.9 Å². The van der Waals surface area contributed by atoms with Crippen LogP contribution in [0, 0.1) is 0 Å². The van der Waals surface area contributed by atoms with E-state index in [1.54, 1.807) is 18.2 Å². The van der Waals surface area contributed by atoms with Gasteiger partial charge in [0.2, 0.25) is 0 Å². The maximum atomic E-state index is 12.1. The second-order valence-corrected chi connectivity index (χ2v) is 5.45. The number of thioether (sulfide) groups is 1. The Morgan fingerprint density at radius 2 is 2.35 bits per heavy atom. The molecule has 1 atom stereocenters. The third-order valence-corrected chi connectivity index (χ3v) is 4.04. The molecule has 0 saturated carbocycles. The molecule has 1 aromatic rings. The number of hydrogen-bond donors (Lipinski definition) is 3. The Bertz CT molecular complexity index is 421. The smallest absolute Gasteiger partial charge is 0.253 e. The second-order valence-electron chi connectivity index (χ2n) is 3.87. The lowest BCUT2D eigenvalue weighted by Gasteiger charge is -2.14. The fourth-order valence-corrected chi connectivity index (χ4v) is 3.07. The van der Waals surface area contributed by atoms with Crippen molar-refractivity contribution in [1.82, 2.24) is 5.32 Å². The highest BCUT2D eigenvalue weighted by molar-refractivity contribution is 7.99. The summed E-state index contributed by atoms with van der Waals surface area (Å²) in [6.07, 6.45) is 1.02. The van der Waals surface area contributed by atoms with Gasteiger partial charge in [0, 0.05) is 16.8 Å². The highest BCUT2D eigenvalue weighted by Crippen LogP contribution is 2.22. The van der Waals surface area contributed by atoms with Crippen LogP contribution in [0.2, 0.25) is 5.02 Å². The van der Waals surface area contributed by atoms with Crippen LogP contribution < -0.4 is 16.6 Å². The van der Waals surface area contributed by atoms with E-state index in [1.807, 2.05) is 11.8 Å². The highest BCUT2D eigenvalue weighted by atomic mass is 35.5. The number of hydrogen-bond acceptors (Lipinski definition) is 4. The van der Waals surface area contributed by atoms with Gasteiger partial charge in [-0.3, -0.25) is 10.6 Å². The highest BCUT2D eigenvalue weighted by Gasteiger charge is 2.20. The number of nitrogens with one attached hydrogen (secondary N) is 2. The number of benzene rings is 1. The molecule has 4 nitrogen and oxygen atoms in total. The molecule has 17 heavy (non-hydrogen) atoms. The van der Waals surface area contributed by atoms with Gasteiger partial charge in [-0.15, -0.1) is 0 Å². The number of carbonyl (C=O) groups excluding carboxylic acids is 1. The van der Waals surface area contributed by atoms with Crippen LogP contribution in [0.15, 0.2) is 18.2 Å². The van der Waals surface area contributed by atoms with Crippen LogP contribution >= 0.6 is 23.4 Å².